The van der Waals surface area contributed by atoms with E-state index in [-0.39, 0.29) is 0 Å². The minimum Gasteiger partial charge on any atom is -0.122 e. The van der Waals surface area contributed by atoms with Crippen LogP contribution in [0, 0.1) is 0 Å². The Bertz CT molecular complexity index is 586. The maximum atomic E-state index is 6.00. The Morgan fingerprint density at radius 2 is 1.95 bits per heavy atom. The van der Waals surface area contributed by atoms with E-state index in [9.17, 15) is 0 Å². The molecule has 0 aliphatic heterocycles. The van der Waals surface area contributed by atoms with Crippen LogP contribution in [0.15, 0.2) is 55.1 Å². The lowest BCUT2D eigenvalue weighted by Gasteiger charge is -2.20. The van der Waals surface area contributed by atoms with Crippen LogP contribution in [-0.4, -0.2) is 0 Å². The second-order valence-corrected chi connectivity index (χ2v) is 5.67. The monoisotopic (exact) mass is 298 g/mol. The Labute approximate surface area is 133 Å². The van der Waals surface area contributed by atoms with Gasteiger partial charge < -0.3 is 0 Å². The zero-order chi connectivity index (χ0) is 15.1. The van der Waals surface area contributed by atoms with E-state index in [1.807, 2.05) is 6.08 Å². The summed E-state index contributed by atoms with van der Waals surface area (Å²) in [5, 5.41) is 0. The van der Waals surface area contributed by atoms with Crippen LogP contribution in [0.25, 0.3) is 6.08 Å². The molecule has 110 valence electrons. The van der Waals surface area contributed by atoms with Crippen molar-refractivity contribution in [3.05, 3.63) is 77.4 Å². The summed E-state index contributed by atoms with van der Waals surface area (Å²) in [4.78, 5) is 0. The van der Waals surface area contributed by atoms with Crippen LogP contribution < -0.4 is 0 Å². The molecule has 0 aliphatic carbocycles. The molecule has 0 aliphatic rings. The number of alkyl halides is 1. The molecule has 2 aromatic rings. The Morgan fingerprint density at radius 3 is 2.67 bits per heavy atom. The number of hydrogen-bond acceptors (Lipinski definition) is 0. The third-order valence-corrected chi connectivity index (χ3v) is 4.25. The van der Waals surface area contributed by atoms with Crippen molar-refractivity contribution in [3.8, 4) is 0 Å². The third-order valence-electron chi connectivity index (χ3n) is 3.95. The van der Waals surface area contributed by atoms with E-state index < -0.39 is 0 Å². The van der Waals surface area contributed by atoms with Crippen LogP contribution in [0.3, 0.4) is 0 Å². The molecule has 0 spiro atoms. The number of benzene rings is 2. The fraction of sp³-hybridized carbons (Fsp3) is 0.300. The van der Waals surface area contributed by atoms with E-state index in [0.717, 1.165) is 6.42 Å². The Kier molecular flexibility index (Phi) is 6.07. The second-order valence-electron chi connectivity index (χ2n) is 5.41. The van der Waals surface area contributed by atoms with Gasteiger partial charge in [-0.25, -0.2) is 0 Å². The van der Waals surface area contributed by atoms with Gasteiger partial charge in [0.2, 0.25) is 0 Å². The zero-order valence-electron chi connectivity index (χ0n) is 12.7. The minimum atomic E-state index is 0.419. The molecule has 2 aromatic carbocycles. The van der Waals surface area contributed by atoms with E-state index in [1.54, 1.807) is 0 Å². The second kappa shape index (κ2) is 8.05. The Hall–Kier alpha value is -1.53. The molecule has 0 bridgehead atoms. The molecule has 0 aromatic heterocycles. The van der Waals surface area contributed by atoms with Crippen molar-refractivity contribution in [2.24, 2.45) is 0 Å². The molecular weight excluding hydrogens is 276 g/mol. The summed E-state index contributed by atoms with van der Waals surface area (Å²) in [5.74, 6) is 0.986. The Morgan fingerprint density at radius 1 is 1.14 bits per heavy atom. The molecule has 2 rings (SSSR count). The first-order valence-electron chi connectivity index (χ1n) is 7.66. The van der Waals surface area contributed by atoms with Crippen LogP contribution >= 0.6 is 11.6 Å². The first-order valence-corrected chi connectivity index (χ1v) is 8.19. The lowest BCUT2D eigenvalue weighted by molar-refractivity contribution is 0.649. The third kappa shape index (κ3) is 3.98. The summed E-state index contributed by atoms with van der Waals surface area (Å²) < 4.78 is 0. The number of halogens is 1. The number of hydrogen-bond donors (Lipinski definition) is 0. The highest BCUT2D eigenvalue weighted by atomic mass is 35.5. The maximum absolute atomic E-state index is 6.00. The number of unbranched alkanes of at least 4 members (excludes halogenated alkanes) is 1. The molecule has 0 radical (unpaired) electrons. The average molecular weight is 299 g/mol. The van der Waals surface area contributed by atoms with Gasteiger partial charge in [-0.15, -0.1) is 11.6 Å². The van der Waals surface area contributed by atoms with Gasteiger partial charge in [-0.05, 0) is 28.7 Å². The topological polar surface area (TPSA) is 0 Å². The summed E-state index contributed by atoms with van der Waals surface area (Å²) in [7, 11) is 0. The van der Waals surface area contributed by atoms with Crippen molar-refractivity contribution >= 4 is 17.7 Å². The van der Waals surface area contributed by atoms with Crippen molar-refractivity contribution < 1.29 is 0 Å². The molecule has 0 nitrogen and oxygen atoms in total. The standard InChI is InChI=1S/C20H23Cl/c1-3-5-12-20(18-11-8-9-16(14-18)15-21)19-13-7-6-10-17(19)4-2/h4,6-11,13-14,20H,2-3,5,12,15H2,1H3. The van der Waals surface area contributed by atoms with Gasteiger partial charge in [-0.3, -0.25) is 0 Å². The molecule has 1 heteroatoms. The highest BCUT2D eigenvalue weighted by Gasteiger charge is 2.16. The lowest BCUT2D eigenvalue weighted by Crippen LogP contribution is -2.04. The van der Waals surface area contributed by atoms with Gasteiger partial charge >= 0.3 is 0 Å². The summed E-state index contributed by atoms with van der Waals surface area (Å²) in [6.45, 7) is 6.20. The smallest absolute Gasteiger partial charge is 0.0474 e. The van der Waals surface area contributed by atoms with E-state index >= 15 is 0 Å². The zero-order valence-corrected chi connectivity index (χ0v) is 13.4. The van der Waals surface area contributed by atoms with Crippen molar-refractivity contribution in [3.63, 3.8) is 0 Å². The van der Waals surface area contributed by atoms with E-state index in [0.29, 0.717) is 11.8 Å². The molecule has 0 amide bonds. The van der Waals surface area contributed by atoms with Crippen molar-refractivity contribution in [1.82, 2.24) is 0 Å². The molecule has 0 fully saturated rings. The number of rotatable bonds is 7. The fourth-order valence-electron chi connectivity index (χ4n) is 2.82. The van der Waals surface area contributed by atoms with Gasteiger partial charge in [0.05, 0.1) is 0 Å². The predicted molar refractivity (Wildman–Crippen MR) is 93.9 cm³/mol. The van der Waals surface area contributed by atoms with E-state index in [2.05, 4.69) is 62.0 Å². The van der Waals surface area contributed by atoms with Crippen LogP contribution in [0.4, 0.5) is 0 Å². The fourth-order valence-corrected chi connectivity index (χ4v) is 2.98. The molecule has 0 N–H and O–H groups in total. The largest absolute Gasteiger partial charge is 0.122 e. The van der Waals surface area contributed by atoms with E-state index in [1.165, 1.54) is 35.1 Å². The molecule has 0 saturated heterocycles. The highest BCUT2D eigenvalue weighted by Crippen LogP contribution is 2.33. The predicted octanol–water partition coefficient (Wildman–Crippen LogP) is 6.39. The molecule has 0 saturated carbocycles. The van der Waals surface area contributed by atoms with Gasteiger partial charge in [-0.1, -0.05) is 81.0 Å². The summed E-state index contributed by atoms with van der Waals surface area (Å²) in [6, 6.07) is 17.2. The first kappa shape index (κ1) is 15.9. The molecular formula is C20H23Cl. The quantitative estimate of drug-likeness (QED) is 0.519. The van der Waals surface area contributed by atoms with Crippen LogP contribution in [-0.2, 0) is 5.88 Å². The minimum absolute atomic E-state index is 0.419. The normalized spacial score (nSPS) is 12.1. The molecule has 0 heterocycles. The van der Waals surface area contributed by atoms with E-state index in [4.69, 9.17) is 11.6 Å². The van der Waals surface area contributed by atoms with Gasteiger partial charge in [0.1, 0.15) is 0 Å². The summed E-state index contributed by atoms with van der Waals surface area (Å²) in [6.07, 6.45) is 5.55. The van der Waals surface area contributed by atoms with Crippen molar-refractivity contribution in [1.29, 1.82) is 0 Å². The first-order chi connectivity index (χ1) is 10.3. The summed E-state index contributed by atoms with van der Waals surface area (Å²) >= 11 is 6.00. The highest BCUT2D eigenvalue weighted by molar-refractivity contribution is 6.17. The molecule has 1 unspecified atom stereocenters. The van der Waals surface area contributed by atoms with Gasteiger partial charge in [0.15, 0.2) is 0 Å². The van der Waals surface area contributed by atoms with Crippen LogP contribution in [0.1, 0.15) is 54.4 Å². The van der Waals surface area contributed by atoms with Gasteiger partial charge in [0, 0.05) is 11.8 Å². The molecule has 1 atom stereocenters. The van der Waals surface area contributed by atoms with Crippen LogP contribution in [0.5, 0.6) is 0 Å². The van der Waals surface area contributed by atoms with Crippen molar-refractivity contribution in [2.75, 3.05) is 0 Å². The van der Waals surface area contributed by atoms with Crippen LogP contribution in [0.2, 0.25) is 0 Å². The van der Waals surface area contributed by atoms with Gasteiger partial charge in [0.25, 0.3) is 0 Å². The lowest BCUT2D eigenvalue weighted by atomic mass is 9.84. The molecule has 21 heavy (non-hydrogen) atoms. The maximum Gasteiger partial charge on any atom is 0.0474 e. The van der Waals surface area contributed by atoms with Gasteiger partial charge in [-0.2, -0.15) is 0 Å². The SMILES string of the molecule is C=Cc1ccccc1C(CCCC)c1cccc(CCl)c1. The summed E-state index contributed by atoms with van der Waals surface area (Å²) in [5.41, 5.74) is 5.14. The average Bonchev–Trinajstić information content (AvgIpc) is 2.56. The Balaban J connectivity index is 2.44. The van der Waals surface area contributed by atoms with Crippen molar-refractivity contribution in [2.45, 2.75) is 38.0 Å².